The lowest BCUT2D eigenvalue weighted by atomic mass is 9.73. The van der Waals surface area contributed by atoms with Crippen LogP contribution >= 0.6 is 0 Å². The van der Waals surface area contributed by atoms with Crippen LogP contribution in [0.5, 0.6) is 0 Å². The molecule has 3 rings (SSSR count). The first-order chi connectivity index (χ1) is 9.74. The highest BCUT2D eigenvalue weighted by atomic mass is 16.3. The highest BCUT2D eigenvalue weighted by Gasteiger charge is 2.36. The van der Waals surface area contributed by atoms with E-state index in [2.05, 4.69) is 46.0 Å². The first-order valence-electron chi connectivity index (χ1n) is 8.59. The minimum absolute atomic E-state index is 0.336. The Morgan fingerprint density at radius 1 is 1.10 bits per heavy atom. The predicted octanol–water partition coefficient (Wildman–Crippen LogP) is 5.16. The molecule has 0 radical (unpaired) electrons. The van der Waals surface area contributed by atoms with E-state index in [1.807, 2.05) is 0 Å². The van der Waals surface area contributed by atoms with Crippen LogP contribution in [0.1, 0.15) is 82.9 Å². The maximum atomic E-state index is 5.95. The van der Waals surface area contributed by atoms with Gasteiger partial charge in [-0.1, -0.05) is 27.7 Å². The van der Waals surface area contributed by atoms with Gasteiger partial charge in [-0.25, -0.2) is 0 Å². The summed E-state index contributed by atoms with van der Waals surface area (Å²) in [4.78, 5) is 0. The van der Waals surface area contributed by atoms with Crippen LogP contribution in [-0.4, -0.2) is 6.04 Å². The second kappa shape index (κ2) is 5.15. The van der Waals surface area contributed by atoms with E-state index >= 15 is 0 Å². The van der Waals surface area contributed by atoms with Crippen LogP contribution in [0, 0.1) is 17.8 Å². The highest BCUT2D eigenvalue weighted by molar-refractivity contribution is 5.29. The molecule has 1 atom stereocenters. The molecule has 1 aromatic rings. The minimum atomic E-state index is 0.336. The molecule has 118 valence electrons. The quantitative estimate of drug-likeness (QED) is 0.813. The van der Waals surface area contributed by atoms with Crippen molar-refractivity contribution >= 4 is 0 Å². The molecule has 1 saturated carbocycles. The van der Waals surface area contributed by atoms with Gasteiger partial charge in [-0.05, 0) is 55.9 Å². The second-order valence-corrected chi connectivity index (χ2v) is 8.94. The molecule has 1 aromatic heterocycles. The SMILES string of the molecule is Cc1cc2c(o1)CC(C)(C)CC2NC1CCC(C)(C)CC1. The molecule has 0 spiro atoms. The maximum Gasteiger partial charge on any atom is 0.109 e. The van der Waals surface area contributed by atoms with E-state index in [4.69, 9.17) is 4.42 Å². The average molecular weight is 289 g/mol. The third-order valence-electron chi connectivity index (χ3n) is 5.51. The van der Waals surface area contributed by atoms with Crippen molar-refractivity contribution in [2.75, 3.05) is 0 Å². The van der Waals surface area contributed by atoms with Gasteiger partial charge in [0.15, 0.2) is 0 Å². The van der Waals surface area contributed by atoms with E-state index in [1.165, 1.54) is 43.4 Å². The zero-order valence-electron chi connectivity index (χ0n) is 14.4. The summed E-state index contributed by atoms with van der Waals surface area (Å²) in [6.07, 6.45) is 7.62. The molecule has 2 aliphatic carbocycles. The summed E-state index contributed by atoms with van der Waals surface area (Å²) in [5.41, 5.74) is 2.31. The van der Waals surface area contributed by atoms with Crippen LogP contribution in [0.4, 0.5) is 0 Å². The zero-order valence-corrected chi connectivity index (χ0v) is 14.4. The molecule has 1 fully saturated rings. The monoisotopic (exact) mass is 289 g/mol. The molecular formula is C19H31NO. The summed E-state index contributed by atoms with van der Waals surface area (Å²) < 4.78 is 5.95. The first kappa shape index (κ1) is 15.1. The van der Waals surface area contributed by atoms with Gasteiger partial charge in [-0.3, -0.25) is 0 Å². The number of nitrogens with one attached hydrogen (secondary N) is 1. The number of rotatable bonds is 2. The average Bonchev–Trinajstić information content (AvgIpc) is 2.71. The molecule has 1 unspecified atom stereocenters. The molecule has 1 heterocycles. The molecule has 0 aliphatic heterocycles. The normalized spacial score (nSPS) is 28.3. The fraction of sp³-hybridized carbons (Fsp3) is 0.789. The van der Waals surface area contributed by atoms with Gasteiger partial charge in [0.2, 0.25) is 0 Å². The van der Waals surface area contributed by atoms with Gasteiger partial charge >= 0.3 is 0 Å². The van der Waals surface area contributed by atoms with Crippen molar-refractivity contribution < 1.29 is 4.42 Å². The number of fused-ring (bicyclic) bond motifs is 1. The van der Waals surface area contributed by atoms with Gasteiger partial charge in [0, 0.05) is 24.1 Å². The van der Waals surface area contributed by atoms with Gasteiger partial charge in [0.05, 0.1) is 0 Å². The third kappa shape index (κ3) is 3.36. The zero-order chi connectivity index (χ0) is 15.3. The molecule has 2 nitrogen and oxygen atoms in total. The van der Waals surface area contributed by atoms with Crippen molar-refractivity contribution in [1.29, 1.82) is 0 Å². The van der Waals surface area contributed by atoms with Crippen LogP contribution in [0.25, 0.3) is 0 Å². The van der Waals surface area contributed by atoms with Gasteiger partial charge in [0.25, 0.3) is 0 Å². The molecule has 21 heavy (non-hydrogen) atoms. The van der Waals surface area contributed by atoms with E-state index in [0.29, 0.717) is 22.9 Å². The standard InChI is InChI=1S/C19H31NO/c1-13-10-15-16(11-19(4,5)12-17(15)21-13)20-14-6-8-18(2,3)9-7-14/h10,14,16,20H,6-9,11-12H2,1-5H3. The molecule has 0 bridgehead atoms. The largest absolute Gasteiger partial charge is 0.466 e. The molecule has 1 N–H and O–H groups in total. The summed E-state index contributed by atoms with van der Waals surface area (Å²) in [7, 11) is 0. The van der Waals surface area contributed by atoms with E-state index in [0.717, 1.165) is 12.2 Å². The molecule has 0 aromatic carbocycles. The van der Waals surface area contributed by atoms with Crippen LogP contribution < -0.4 is 5.32 Å². The van der Waals surface area contributed by atoms with Gasteiger partial charge in [-0.2, -0.15) is 0 Å². The maximum absolute atomic E-state index is 5.95. The van der Waals surface area contributed by atoms with E-state index < -0.39 is 0 Å². The summed E-state index contributed by atoms with van der Waals surface area (Å²) in [5.74, 6) is 2.28. The lowest BCUT2D eigenvalue weighted by molar-refractivity contribution is 0.173. The molecule has 0 saturated heterocycles. The lowest BCUT2D eigenvalue weighted by Gasteiger charge is -2.40. The minimum Gasteiger partial charge on any atom is -0.466 e. The van der Waals surface area contributed by atoms with Gasteiger partial charge in [-0.15, -0.1) is 0 Å². The highest BCUT2D eigenvalue weighted by Crippen LogP contribution is 2.43. The molecule has 2 heteroatoms. The van der Waals surface area contributed by atoms with Gasteiger partial charge in [0.1, 0.15) is 11.5 Å². The van der Waals surface area contributed by atoms with Crippen molar-refractivity contribution in [2.24, 2.45) is 10.8 Å². The van der Waals surface area contributed by atoms with Crippen molar-refractivity contribution in [1.82, 2.24) is 5.32 Å². The summed E-state index contributed by atoms with van der Waals surface area (Å²) in [5, 5.41) is 3.96. The Bertz CT molecular complexity index is 502. The predicted molar refractivity (Wildman–Crippen MR) is 87.5 cm³/mol. The van der Waals surface area contributed by atoms with Crippen LogP contribution in [0.3, 0.4) is 0 Å². The lowest BCUT2D eigenvalue weighted by Crippen LogP contribution is -2.41. The molecule has 0 amide bonds. The number of furan rings is 1. The first-order valence-corrected chi connectivity index (χ1v) is 8.59. The molecule has 2 aliphatic rings. The van der Waals surface area contributed by atoms with Crippen molar-refractivity contribution in [3.05, 3.63) is 23.2 Å². The topological polar surface area (TPSA) is 25.2 Å². The third-order valence-corrected chi connectivity index (χ3v) is 5.51. The Kier molecular flexibility index (Phi) is 3.72. The van der Waals surface area contributed by atoms with E-state index in [1.54, 1.807) is 0 Å². The summed E-state index contributed by atoms with van der Waals surface area (Å²) in [6, 6.07) is 3.42. The fourth-order valence-corrected chi connectivity index (χ4v) is 4.18. The fourth-order valence-electron chi connectivity index (χ4n) is 4.18. The molecular weight excluding hydrogens is 258 g/mol. The van der Waals surface area contributed by atoms with Crippen molar-refractivity contribution in [2.45, 2.75) is 85.2 Å². The Balaban J connectivity index is 1.73. The second-order valence-electron chi connectivity index (χ2n) is 8.94. The number of hydrogen-bond donors (Lipinski definition) is 1. The summed E-state index contributed by atoms with van der Waals surface area (Å²) >= 11 is 0. The van der Waals surface area contributed by atoms with Crippen LogP contribution in [0.2, 0.25) is 0 Å². The smallest absolute Gasteiger partial charge is 0.109 e. The van der Waals surface area contributed by atoms with E-state index in [9.17, 15) is 0 Å². The Labute approximate surface area is 129 Å². The Hall–Kier alpha value is -0.760. The number of hydrogen-bond acceptors (Lipinski definition) is 2. The number of aryl methyl sites for hydroxylation is 1. The van der Waals surface area contributed by atoms with Crippen molar-refractivity contribution in [3.8, 4) is 0 Å². The van der Waals surface area contributed by atoms with E-state index in [-0.39, 0.29) is 0 Å². The van der Waals surface area contributed by atoms with Crippen LogP contribution in [-0.2, 0) is 6.42 Å². The van der Waals surface area contributed by atoms with Gasteiger partial charge < -0.3 is 9.73 Å². The Morgan fingerprint density at radius 2 is 1.76 bits per heavy atom. The summed E-state index contributed by atoms with van der Waals surface area (Å²) in [6.45, 7) is 11.6. The van der Waals surface area contributed by atoms with Crippen molar-refractivity contribution in [3.63, 3.8) is 0 Å². The Morgan fingerprint density at radius 3 is 2.43 bits per heavy atom. The van der Waals surface area contributed by atoms with Crippen LogP contribution in [0.15, 0.2) is 10.5 Å².